The zero-order chi connectivity index (χ0) is 20.7. The summed E-state index contributed by atoms with van der Waals surface area (Å²) >= 11 is 0. The third kappa shape index (κ3) is 3.15. The van der Waals surface area contributed by atoms with Gasteiger partial charge in [-0.1, -0.05) is 36.4 Å². The largest absolute Gasteiger partial charge is 0.388 e. The van der Waals surface area contributed by atoms with Crippen molar-refractivity contribution < 1.29 is 29.0 Å². The molecular formula is C21H19FN2O5. The lowest BCUT2D eigenvalue weighted by Crippen LogP contribution is -2.65. The molecule has 4 rings (SSSR count). The SMILES string of the molecule is O=C(NC[C@@H]1N[C@@H](CF)[C@@H](O)[C@@H](O)C1=O)c1cccc2c1C(=O)c1ccccc1-2. The van der Waals surface area contributed by atoms with Gasteiger partial charge < -0.3 is 15.5 Å². The third-order valence-electron chi connectivity index (χ3n) is 5.42. The van der Waals surface area contributed by atoms with Gasteiger partial charge in [-0.15, -0.1) is 0 Å². The summed E-state index contributed by atoms with van der Waals surface area (Å²) in [4.78, 5) is 37.7. The van der Waals surface area contributed by atoms with Crippen molar-refractivity contribution in [1.82, 2.24) is 10.6 Å². The van der Waals surface area contributed by atoms with Crippen molar-refractivity contribution in [2.45, 2.75) is 24.3 Å². The van der Waals surface area contributed by atoms with Crippen LogP contribution >= 0.6 is 0 Å². The van der Waals surface area contributed by atoms with Crippen molar-refractivity contribution in [1.29, 1.82) is 0 Å². The molecule has 1 saturated heterocycles. The highest BCUT2D eigenvalue weighted by Crippen LogP contribution is 2.37. The van der Waals surface area contributed by atoms with E-state index in [9.17, 15) is 29.0 Å². The topological polar surface area (TPSA) is 116 Å². The molecular weight excluding hydrogens is 379 g/mol. The Labute approximate surface area is 165 Å². The zero-order valence-electron chi connectivity index (χ0n) is 15.3. The number of hydrogen-bond donors (Lipinski definition) is 4. The Morgan fingerprint density at radius 2 is 1.72 bits per heavy atom. The normalized spacial score (nSPS) is 25.5. The Bertz CT molecular complexity index is 1010. The van der Waals surface area contributed by atoms with Crippen molar-refractivity contribution in [3.63, 3.8) is 0 Å². The molecule has 1 amide bonds. The molecule has 2 aromatic rings. The predicted molar refractivity (Wildman–Crippen MR) is 101 cm³/mol. The number of carbonyl (C=O) groups is 3. The summed E-state index contributed by atoms with van der Waals surface area (Å²) < 4.78 is 13.0. The van der Waals surface area contributed by atoms with E-state index in [-0.39, 0.29) is 17.9 Å². The van der Waals surface area contributed by atoms with Gasteiger partial charge >= 0.3 is 0 Å². The van der Waals surface area contributed by atoms with Crippen LogP contribution in [0.1, 0.15) is 26.3 Å². The first kappa shape index (κ1) is 19.4. The quantitative estimate of drug-likeness (QED) is 0.500. The monoisotopic (exact) mass is 398 g/mol. The maximum Gasteiger partial charge on any atom is 0.252 e. The maximum absolute atomic E-state index is 13.0. The van der Waals surface area contributed by atoms with Crippen molar-refractivity contribution in [3.05, 3.63) is 59.2 Å². The molecule has 0 unspecified atom stereocenters. The average molecular weight is 398 g/mol. The lowest BCUT2D eigenvalue weighted by molar-refractivity contribution is -0.142. The molecule has 0 saturated carbocycles. The molecule has 1 aliphatic heterocycles. The molecule has 1 fully saturated rings. The fourth-order valence-electron chi connectivity index (χ4n) is 3.88. The predicted octanol–water partition coefficient (Wildman–Crippen LogP) is 0.229. The molecule has 0 bridgehead atoms. The van der Waals surface area contributed by atoms with Crippen molar-refractivity contribution in [3.8, 4) is 11.1 Å². The molecule has 8 heteroatoms. The molecule has 4 N–H and O–H groups in total. The maximum atomic E-state index is 13.0. The van der Waals surface area contributed by atoms with Gasteiger partial charge in [0.05, 0.1) is 17.6 Å². The molecule has 1 heterocycles. The molecule has 0 spiro atoms. The number of ketones is 2. The minimum absolute atomic E-state index is 0.176. The number of nitrogens with one attached hydrogen (secondary N) is 2. The van der Waals surface area contributed by atoms with Crippen molar-refractivity contribution >= 4 is 17.5 Å². The minimum Gasteiger partial charge on any atom is -0.388 e. The number of amides is 1. The summed E-state index contributed by atoms with van der Waals surface area (Å²) in [6.07, 6.45) is -3.27. The van der Waals surface area contributed by atoms with E-state index in [0.717, 1.165) is 5.56 Å². The van der Waals surface area contributed by atoms with E-state index < -0.39 is 42.7 Å². The highest BCUT2D eigenvalue weighted by atomic mass is 19.1. The van der Waals surface area contributed by atoms with E-state index in [2.05, 4.69) is 10.6 Å². The Balaban J connectivity index is 1.54. The number of aliphatic hydroxyl groups is 2. The fraction of sp³-hybridized carbons (Fsp3) is 0.286. The van der Waals surface area contributed by atoms with Gasteiger partial charge in [0, 0.05) is 17.7 Å². The summed E-state index contributed by atoms with van der Waals surface area (Å²) in [6.45, 7) is -1.20. The fourth-order valence-corrected chi connectivity index (χ4v) is 3.88. The number of benzene rings is 2. The van der Waals surface area contributed by atoms with E-state index in [1.165, 1.54) is 6.07 Å². The van der Waals surface area contributed by atoms with E-state index in [1.807, 2.05) is 12.1 Å². The number of Topliss-reactive ketones (excluding diaryl/α,β-unsaturated/α-hetero) is 1. The lowest BCUT2D eigenvalue weighted by Gasteiger charge is -2.35. The van der Waals surface area contributed by atoms with Crippen molar-refractivity contribution in [2.24, 2.45) is 0 Å². The molecule has 150 valence electrons. The molecule has 29 heavy (non-hydrogen) atoms. The van der Waals surface area contributed by atoms with Crippen LogP contribution in [0.3, 0.4) is 0 Å². The van der Waals surface area contributed by atoms with Gasteiger partial charge in [0.25, 0.3) is 5.91 Å². The molecule has 1 aliphatic carbocycles. The second-order valence-corrected chi connectivity index (χ2v) is 7.13. The van der Waals surface area contributed by atoms with Crippen LogP contribution in [-0.4, -0.2) is 65.2 Å². The van der Waals surface area contributed by atoms with Crippen LogP contribution in [0.15, 0.2) is 42.5 Å². The Morgan fingerprint density at radius 3 is 2.45 bits per heavy atom. The molecule has 0 radical (unpaired) electrons. The van der Waals surface area contributed by atoms with Crippen LogP contribution in [-0.2, 0) is 4.79 Å². The summed E-state index contributed by atoms with van der Waals surface area (Å²) in [7, 11) is 0. The third-order valence-corrected chi connectivity index (χ3v) is 5.42. The van der Waals surface area contributed by atoms with E-state index in [0.29, 0.717) is 16.7 Å². The van der Waals surface area contributed by atoms with Crippen LogP contribution in [0.4, 0.5) is 4.39 Å². The number of piperidine rings is 1. The first-order valence-corrected chi connectivity index (χ1v) is 9.21. The lowest BCUT2D eigenvalue weighted by atomic mass is 9.92. The Morgan fingerprint density at radius 1 is 1.03 bits per heavy atom. The van der Waals surface area contributed by atoms with Crippen LogP contribution in [0, 0.1) is 0 Å². The first-order chi connectivity index (χ1) is 13.9. The van der Waals surface area contributed by atoms with Crippen molar-refractivity contribution in [2.75, 3.05) is 13.2 Å². The molecule has 2 aliphatic rings. The number of aliphatic hydroxyl groups excluding tert-OH is 2. The highest BCUT2D eigenvalue weighted by Gasteiger charge is 2.42. The number of halogens is 1. The van der Waals surface area contributed by atoms with E-state index in [4.69, 9.17) is 0 Å². The highest BCUT2D eigenvalue weighted by molar-refractivity contribution is 6.25. The van der Waals surface area contributed by atoms with Crippen LogP contribution in [0.2, 0.25) is 0 Å². The average Bonchev–Trinajstić information content (AvgIpc) is 3.04. The summed E-state index contributed by atoms with van der Waals surface area (Å²) in [5.41, 5.74) is 2.42. The number of fused-ring (bicyclic) bond motifs is 3. The van der Waals surface area contributed by atoms with Gasteiger partial charge in [-0.25, -0.2) is 4.39 Å². The smallest absolute Gasteiger partial charge is 0.252 e. The van der Waals surface area contributed by atoms with Gasteiger partial charge in [-0.05, 0) is 17.2 Å². The van der Waals surface area contributed by atoms with Crippen LogP contribution in [0.5, 0.6) is 0 Å². The summed E-state index contributed by atoms with van der Waals surface area (Å²) in [5, 5.41) is 24.7. The van der Waals surface area contributed by atoms with Gasteiger partial charge in [-0.2, -0.15) is 0 Å². The Hall–Kier alpha value is -2.94. The minimum atomic E-state index is -1.73. The Kier molecular flexibility index (Phi) is 4.99. The number of hydrogen-bond acceptors (Lipinski definition) is 6. The molecule has 0 aromatic heterocycles. The van der Waals surface area contributed by atoms with Gasteiger partial charge in [-0.3, -0.25) is 19.7 Å². The first-order valence-electron chi connectivity index (χ1n) is 9.21. The number of carbonyl (C=O) groups excluding carboxylic acids is 3. The standard InChI is InChI=1S/C21H19FN2O5/c22-8-14-18(26)20(28)19(27)15(24-14)9-23-21(29)13-7-3-6-11-10-4-1-2-5-12(10)17(25)16(11)13/h1-7,14-15,18,20,24,26,28H,8-9H2,(H,23,29)/t14-,15-,18+,20+/m0/s1. The van der Waals surface area contributed by atoms with Gasteiger partial charge in [0.15, 0.2) is 11.6 Å². The summed E-state index contributed by atoms with van der Waals surface area (Å²) in [5.74, 6) is -1.54. The zero-order valence-corrected chi connectivity index (χ0v) is 15.3. The van der Waals surface area contributed by atoms with Gasteiger partial charge in [0.1, 0.15) is 18.9 Å². The summed E-state index contributed by atoms with van der Waals surface area (Å²) in [6, 6.07) is 9.89. The molecule has 7 nitrogen and oxygen atoms in total. The number of rotatable bonds is 4. The van der Waals surface area contributed by atoms with E-state index in [1.54, 1.807) is 24.3 Å². The second kappa shape index (κ2) is 7.47. The molecule has 4 atom stereocenters. The van der Waals surface area contributed by atoms with Crippen LogP contribution in [0.25, 0.3) is 11.1 Å². The second-order valence-electron chi connectivity index (χ2n) is 7.13. The van der Waals surface area contributed by atoms with Gasteiger partial charge in [0.2, 0.25) is 0 Å². The molecule has 2 aromatic carbocycles. The number of alkyl halides is 1. The van der Waals surface area contributed by atoms with E-state index >= 15 is 0 Å². The van der Waals surface area contributed by atoms with Crippen LogP contribution < -0.4 is 10.6 Å².